The summed E-state index contributed by atoms with van der Waals surface area (Å²) >= 11 is 0. The molecule has 7 heteroatoms. The molecule has 3 heterocycles. The number of nitrogens with zero attached hydrogens (tertiary/aromatic N) is 2. The van der Waals surface area contributed by atoms with Crippen molar-refractivity contribution in [3.8, 4) is 0 Å². The Kier molecular flexibility index (Phi) is 4.99. The molecular formula is C16H28N2O4S. The fraction of sp³-hybridized carbons (Fsp3) is 0.938. The lowest BCUT2D eigenvalue weighted by Crippen LogP contribution is -2.55. The van der Waals surface area contributed by atoms with Gasteiger partial charge in [-0.1, -0.05) is 6.92 Å². The van der Waals surface area contributed by atoms with Crippen molar-refractivity contribution in [2.24, 2.45) is 5.41 Å². The van der Waals surface area contributed by atoms with Crippen molar-refractivity contribution in [3.05, 3.63) is 0 Å². The van der Waals surface area contributed by atoms with Crippen LogP contribution in [-0.2, 0) is 19.6 Å². The van der Waals surface area contributed by atoms with Crippen LogP contribution in [0, 0.1) is 5.41 Å². The van der Waals surface area contributed by atoms with E-state index in [1.165, 1.54) is 0 Å². The first-order valence-corrected chi connectivity index (χ1v) is 10.5. The molecule has 1 atom stereocenters. The lowest BCUT2D eigenvalue weighted by molar-refractivity contribution is -0.150. The molecule has 3 aliphatic rings. The Morgan fingerprint density at radius 2 is 1.96 bits per heavy atom. The molecule has 0 N–H and O–H groups in total. The van der Waals surface area contributed by atoms with Crippen molar-refractivity contribution in [1.29, 1.82) is 0 Å². The van der Waals surface area contributed by atoms with Crippen LogP contribution < -0.4 is 0 Å². The summed E-state index contributed by atoms with van der Waals surface area (Å²) in [7, 11) is -3.21. The number of carbonyl (C=O) groups is 1. The van der Waals surface area contributed by atoms with E-state index in [1.54, 1.807) is 4.31 Å². The van der Waals surface area contributed by atoms with E-state index in [2.05, 4.69) is 0 Å². The van der Waals surface area contributed by atoms with E-state index in [1.807, 2.05) is 11.8 Å². The molecule has 1 spiro atoms. The molecule has 0 aliphatic carbocycles. The molecule has 0 radical (unpaired) electrons. The summed E-state index contributed by atoms with van der Waals surface area (Å²) in [6.07, 6.45) is 4.90. The molecule has 0 saturated carbocycles. The van der Waals surface area contributed by atoms with Gasteiger partial charge >= 0.3 is 0 Å². The van der Waals surface area contributed by atoms with Gasteiger partial charge in [-0.15, -0.1) is 0 Å². The Balaban J connectivity index is 1.73. The molecule has 3 fully saturated rings. The van der Waals surface area contributed by atoms with Gasteiger partial charge in [0.15, 0.2) is 0 Å². The van der Waals surface area contributed by atoms with E-state index in [4.69, 9.17) is 4.74 Å². The Morgan fingerprint density at radius 1 is 1.22 bits per heavy atom. The highest BCUT2D eigenvalue weighted by Gasteiger charge is 2.51. The minimum atomic E-state index is -3.21. The molecule has 0 aromatic heterocycles. The number of hydrogen-bond acceptors (Lipinski definition) is 4. The SMILES string of the molecule is CCCS(=O)(=O)N1CC[C@]2(CCCN(C3CCOCC3)C2=O)C1. The average Bonchev–Trinajstić information content (AvgIpc) is 2.97. The van der Waals surface area contributed by atoms with Gasteiger partial charge in [0.05, 0.1) is 11.2 Å². The zero-order chi connectivity index (χ0) is 16.5. The third-order valence-electron chi connectivity index (χ3n) is 5.57. The number of sulfonamides is 1. The third kappa shape index (κ3) is 3.28. The van der Waals surface area contributed by atoms with Gasteiger partial charge in [0.25, 0.3) is 0 Å². The summed E-state index contributed by atoms with van der Waals surface area (Å²) in [6.45, 7) is 5.01. The van der Waals surface area contributed by atoms with Crippen molar-refractivity contribution in [2.45, 2.75) is 51.5 Å². The fourth-order valence-corrected chi connectivity index (χ4v) is 5.87. The van der Waals surface area contributed by atoms with Crippen molar-refractivity contribution in [1.82, 2.24) is 9.21 Å². The number of hydrogen-bond donors (Lipinski definition) is 0. The van der Waals surface area contributed by atoms with Crippen LogP contribution >= 0.6 is 0 Å². The van der Waals surface area contributed by atoms with Crippen LogP contribution in [0.25, 0.3) is 0 Å². The first-order chi connectivity index (χ1) is 11.0. The fourth-order valence-electron chi connectivity index (χ4n) is 4.28. The second kappa shape index (κ2) is 6.69. The Labute approximate surface area is 139 Å². The van der Waals surface area contributed by atoms with E-state index in [0.717, 1.165) is 45.4 Å². The normalized spacial score (nSPS) is 31.2. The summed E-state index contributed by atoms with van der Waals surface area (Å²) in [5.41, 5.74) is -0.475. The topological polar surface area (TPSA) is 66.9 Å². The quantitative estimate of drug-likeness (QED) is 0.769. The van der Waals surface area contributed by atoms with Gasteiger partial charge in [0.1, 0.15) is 0 Å². The number of likely N-dealkylation sites (tertiary alicyclic amines) is 1. The highest BCUT2D eigenvalue weighted by atomic mass is 32.2. The van der Waals surface area contributed by atoms with Gasteiger partial charge in [0, 0.05) is 38.9 Å². The van der Waals surface area contributed by atoms with Gasteiger partial charge in [-0.3, -0.25) is 4.79 Å². The molecule has 0 aromatic carbocycles. The number of ether oxygens (including phenoxy) is 1. The van der Waals surface area contributed by atoms with E-state index < -0.39 is 15.4 Å². The smallest absolute Gasteiger partial charge is 0.230 e. The molecule has 3 saturated heterocycles. The molecule has 23 heavy (non-hydrogen) atoms. The van der Waals surface area contributed by atoms with E-state index in [9.17, 15) is 13.2 Å². The van der Waals surface area contributed by atoms with Gasteiger partial charge in [-0.25, -0.2) is 12.7 Å². The molecule has 3 rings (SSSR count). The van der Waals surface area contributed by atoms with Crippen LogP contribution in [0.3, 0.4) is 0 Å². The van der Waals surface area contributed by atoms with Crippen LogP contribution in [0.4, 0.5) is 0 Å². The lowest BCUT2D eigenvalue weighted by Gasteiger charge is -2.44. The minimum Gasteiger partial charge on any atom is -0.381 e. The molecule has 3 aliphatic heterocycles. The Hall–Kier alpha value is -0.660. The predicted molar refractivity (Wildman–Crippen MR) is 87.5 cm³/mol. The van der Waals surface area contributed by atoms with E-state index >= 15 is 0 Å². The largest absolute Gasteiger partial charge is 0.381 e. The maximum atomic E-state index is 13.1. The van der Waals surface area contributed by atoms with Crippen LogP contribution in [0.1, 0.15) is 45.4 Å². The van der Waals surface area contributed by atoms with E-state index in [0.29, 0.717) is 25.9 Å². The van der Waals surface area contributed by atoms with Crippen LogP contribution in [-0.4, -0.2) is 68.2 Å². The number of amides is 1. The summed E-state index contributed by atoms with van der Waals surface area (Å²) in [5.74, 6) is 0.367. The molecule has 6 nitrogen and oxygen atoms in total. The van der Waals surface area contributed by atoms with Crippen LogP contribution in [0.15, 0.2) is 0 Å². The second-order valence-electron chi connectivity index (χ2n) is 7.13. The van der Waals surface area contributed by atoms with Gasteiger partial charge < -0.3 is 9.64 Å². The first-order valence-electron chi connectivity index (χ1n) is 8.85. The molecule has 0 bridgehead atoms. The zero-order valence-electron chi connectivity index (χ0n) is 14.0. The first kappa shape index (κ1) is 17.2. The highest BCUT2D eigenvalue weighted by Crippen LogP contribution is 2.42. The number of piperidine rings is 1. The Morgan fingerprint density at radius 3 is 2.65 bits per heavy atom. The summed E-state index contributed by atoms with van der Waals surface area (Å²) < 4.78 is 31.6. The standard InChI is InChI=1S/C16H28N2O4S/c1-2-12-23(20,21)17-9-7-16(13-17)6-3-8-18(15(16)19)14-4-10-22-11-5-14/h14H,2-13H2,1H3/t16-/m1/s1. The van der Waals surface area contributed by atoms with Gasteiger partial charge in [-0.2, -0.15) is 0 Å². The predicted octanol–water partition coefficient (Wildman–Crippen LogP) is 1.22. The Bertz CT molecular complexity index is 544. The highest BCUT2D eigenvalue weighted by molar-refractivity contribution is 7.89. The molecule has 132 valence electrons. The molecule has 1 amide bonds. The second-order valence-corrected chi connectivity index (χ2v) is 9.21. The van der Waals surface area contributed by atoms with E-state index in [-0.39, 0.29) is 17.7 Å². The number of rotatable bonds is 4. The summed E-state index contributed by atoms with van der Waals surface area (Å²) in [4.78, 5) is 15.2. The lowest BCUT2D eigenvalue weighted by atomic mass is 9.77. The van der Waals surface area contributed by atoms with Gasteiger partial charge in [0.2, 0.25) is 15.9 Å². The molecule has 0 unspecified atom stereocenters. The van der Waals surface area contributed by atoms with Crippen molar-refractivity contribution < 1.29 is 17.9 Å². The monoisotopic (exact) mass is 344 g/mol. The molecule has 0 aromatic rings. The van der Waals surface area contributed by atoms with Crippen molar-refractivity contribution in [3.63, 3.8) is 0 Å². The number of carbonyl (C=O) groups excluding carboxylic acids is 1. The van der Waals surface area contributed by atoms with Crippen LogP contribution in [0.5, 0.6) is 0 Å². The maximum absolute atomic E-state index is 13.1. The van der Waals surface area contributed by atoms with Crippen molar-refractivity contribution >= 4 is 15.9 Å². The molecular weight excluding hydrogens is 316 g/mol. The third-order valence-corrected chi connectivity index (χ3v) is 7.60. The van der Waals surface area contributed by atoms with Crippen LogP contribution in [0.2, 0.25) is 0 Å². The summed E-state index contributed by atoms with van der Waals surface area (Å²) in [6, 6.07) is 0.273. The maximum Gasteiger partial charge on any atom is 0.230 e. The average molecular weight is 344 g/mol. The van der Waals surface area contributed by atoms with Gasteiger partial charge in [-0.05, 0) is 38.5 Å². The summed E-state index contributed by atoms with van der Waals surface area (Å²) in [5, 5.41) is 0. The minimum absolute atomic E-state index is 0.181. The van der Waals surface area contributed by atoms with Crippen molar-refractivity contribution in [2.75, 3.05) is 38.6 Å². The zero-order valence-corrected chi connectivity index (χ0v) is 14.8.